The third kappa shape index (κ3) is 2.73. The lowest BCUT2D eigenvalue weighted by Gasteiger charge is -2.21. The van der Waals surface area contributed by atoms with Gasteiger partial charge in [0.25, 0.3) is 0 Å². The molecule has 0 aromatic heterocycles. The van der Waals surface area contributed by atoms with Crippen molar-refractivity contribution in [3.63, 3.8) is 0 Å². The Balaban J connectivity index is 2.85. The third-order valence-corrected chi connectivity index (χ3v) is 2.72. The average molecular weight is 202 g/mol. The second kappa shape index (κ2) is 5.41. The first kappa shape index (κ1) is 11.6. The molecule has 0 saturated carbocycles. The van der Waals surface area contributed by atoms with E-state index in [0.717, 1.165) is 18.7 Å². The molecule has 80 valence electrons. The molecule has 1 atom stereocenters. The maximum atomic E-state index is 8.80. The lowest BCUT2D eigenvalue weighted by Crippen LogP contribution is -2.21. The number of nitrogens with zero attached hydrogens (tertiary/aromatic N) is 2. The van der Waals surface area contributed by atoms with Crippen LogP contribution in [0.3, 0.4) is 0 Å². The summed E-state index contributed by atoms with van der Waals surface area (Å²) in [5.74, 6) is -0.0178. The maximum absolute atomic E-state index is 8.80. The van der Waals surface area contributed by atoms with Crippen molar-refractivity contribution >= 4 is 5.69 Å². The summed E-state index contributed by atoms with van der Waals surface area (Å²) in [4.78, 5) is 2.29. The van der Waals surface area contributed by atoms with E-state index in [4.69, 9.17) is 5.26 Å². The number of nitriles is 1. The summed E-state index contributed by atoms with van der Waals surface area (Å²) in [5.41, 5.74) is 2.32. The molecule has 0 bridgehead atoms. The Kier molecular flexibility index (Phi) is 4.17. The highest BCUT2D eigenvalue weighted by Gasteiger charge is 2.05. The molecule has 0 amide bonds. The van der Waals surface area contributed by atoms with Crippen molar-refractivity contribution < 1.29 is 0 Å². The van der Waals surface area contributed by atoms with Gasteiger partial charge in [-0.3, -0.25) is 0 Å². The lowest BCUT2D eigenvalue weighted by atomic mass is 10.0. The highest BCUT2D eigenvalue weighted by Crippen LogP contribution is 2.19. The van der Waals surface area contributed by atoms with E-state index < -0.39 is 0 Å². The van der Waals surface area contributed by atoms with E-state index in [1.807, 2.05) is 19.1 Å². The fourth-order valence-electron chi connectivity index (χ4n) is 1.64. The van der Waals surface area contributed by atoms with Crippen molar-refractivity contribution in [3.05, 3.63) is 29.8 Å². The average Bonchev–Trinajstić information content (AvgIpc) is 2.30. The normalized spacial score (nSPS) is 11.9. The molecule has 1 aromatic rings. The summed E-state index contributed by atoms with van der Waals surface area (Å²) < 4.78 is 0. The summed E-state index contributed by atoms with van der Waals surface area (Å²) in [6.45, 7) is 8.25. The molecule has 0 aliphatic carbocycles. The van der Waals surface area contributed by atoms with Crippen molar-refractivity contribution in [2.45, 2.75) is 26.7 Å². The first-order chi connectivity index (χ1) is 7.22. The minimum absolute atomic E-state index is 0.0178. The summed E-state index contributed by atoms with van der Waals surface area (Å²) in [6, 6.07) is 10.5. The molecule has 0 fully saturated rings. The largest absolute Gasteiger partial charge is 0.372 e. The predicted molar refractivity (Wildman–Crippen MR) is 64.0 cm³/mol. The summed E-state index contributed by atoms with van der Waals surface area (Å²) >= 11 is 0. The van der Waals surface area contributed by atoms with E-state index in [2.05, 4.69) is 36.9 Å². The molecule has 2 nitrogen and oxygen atoms in total. The van der Waals surface area contributed by atoms with Crippen LogP contribution in [0.2, 0.25) is 0 Å². The van der Waals surface area contributed by atoms with Gasteiger partial charge in [0.15, 0.2) is 0 Å². The van der Waals surface area contributed by atoms with Crippen molar-refractivity contribution in [1.82, 2.24) is 0 Å². The Bertz CT molecular complexity index is 331. The number of hydrogen-bond acceptors (Lipinski definition) is 2. The van der Waals surface area contributed by atoms with E-state index in [1.54, 1.807) is 0 Å². The van der Waals surface area contributed by atoms with Crippen LogP contribution in [0.4, 0.5) is 5.69 Å². The van der Waals surface area contributed by atoms with Crippen LogP contribution in [0.5, 0.6) is 0 Å². The van der Waals surface area contributed by atoms with Crippen LogP contribution in [0.25, 0.3) is 0 Å². The fourth-order valence-corrected chi connectivity index (χ4v) is 1.64. The zero-order valence-corrected chi connectivity index (χ0v) is 9.70. The third-order valence-electron chi connectivity index (χ3n) is 2.72. The molecular formula is C13H18N2. The summed E-state index contributed by atoms with van der Waals surface area (Å²) in [7, 11) is 0. The van der Waals surface area contributed by atoms with Crippen LogP contribution in [0.1, 0.15) is 32.3 Å². The molecule has 0 aliphatic rings. The van der Waals surface area contributed by atoms with Crippen LogP contribution in [0, 0.1) is 11.3 Å². The minimum atomic E-state index is -0.0178. The van der Waals surface area contributed by atoms with Crippen molar-refractivity contribution in [3.8, 4) is 6.07 Å². The van der Waals surface area contributed by atoms with Crippen LogP contribution >= 0.6 is 0 Å². The molecule has 1 unspecified atom stereocenters. The Morgan fingerprint density at radius 2 is 1.73 bits per heavy atom. The lowest BCUT2D eigenvalue weighted by molar-refractivity contribution is 0.864. The smallest absolute Gasteiger partial charge is 0.0700 e. The Morgan fingerprint density at radius 3 is 2.13 bits per heavy atom. The van der Waals surface area contributed by atoms with Crippen LogP contribution in [0.15, 0.2) is 24.3 Å². The zero-order valence-electron chi connectivity index (χ0n) is 9.70. The molecule has 0 spiro atoms. The van der Waals surface area contributed by atoms with Gasteiger partial charge in [-0.2, -0.15) is 5.26 Å². The molecule has 2 heteroatoms. The van der Waals surface area contributed by atoms with Gasteiger partial charge >= 0.3 is 0 Å². The summed E-state index contributed by atoms with van der Waals surface area (Å²) in [6.07, 6.45) is 0. The SMILES string of the molecule is CCN(CC)c1ccc(C(C)C#N)cc1. The topological polar surface area (TPSA) is 27.0 Å². The molecule has 0 N–H and O–H groups in total. The van der Waals surface area contributed by atoms with Gasteiger partial charge < -0.3 is 4.90 Å². The van der Waals surface area contributed by atoms with E-state index in [0.29, 0.717) is 0 Å². The quantitative estimate of drug-likeness (QED) is 0.750. The van der Waals surface area contributed by atoms with Gasteiger partial charge in [-0.05, 0) is 38.5 Å². The molecule has 0 radical (unpaired) electrons. The van der Waals surface area contributed by atoms with Crippen molar-refractivity contribution in [1.29, 1.82) is 5.26 Å². The predicted octanol–water partition coefficient (Wildman–Crippen LogP) is 3.16. The minimum Gasteiger partial charge on any atom is -0.372 e. The molecule has 15 heavy (non-hydrogen) atoms. The van der Waals surface area contributed by atoms with Gasteiger partial charge in [-0.1, -0.05) is 12.1 Å². The standard InChI is InChI=1S/C13H18N2/c1-4-15(5-2)13-8-6-12(7-9-13)11(3)10-14/h6-9,11H,4-5H2,1-3H3. The van der Waals surface area contributed by atoms with Gasteiger partial charge in [-0.15, -0.1) is 0 Å². The van der Waals surface area contributed by atoms with E-state index in [9.17, 15) is 0 Å². The van der Waals surface area contributed by atoms with Crippen LogP contribution in [-0.4, -0.2) is 13.1 Å². The molecule has 0 heterocycles. The Hall–Kier alpha value is -1.49. The van der Waals surface area contributed by atoms with Crippen LogP contribution < -0.4 is 4.90 Å². The van der Waals surface area contributed by atoms with E-state index in [1.165, 1.54) is 5.69 Å². The van der Waals surface area contributed by atoms with Crippen molar-refractivity contribution in [2.75, 3.05) is 18.0 Å². The van der Waals surface area contributed by atoms with E-state index >= 15 is 0 Å². The fraction of sp³-hybridized carbons (Fsp3) is 0.462. The van der Waals surface area contributed by atoms with Gasteiger partial charge in [0, 0.05) is 18.8 Å². The van der Waals surface area contributed by atoms with Crippen LogP contribution in [-0.2, 0) is 0 Å². The first-order valence-corrected chi connectivity index (χ1v) is 5.47. The zero-order chi connectivity index (χ0) is 11.3. The number of anilines is 1. The van der Waals surface area contributed by atoms with Gasteiger partial charge in [0.1, 0.15) is 0 Å². The molecule has 1 rings (SSSR count). The van der Waals surface area contributed by atoms with E-state index in [-0.39, 0.29) is 5.92 Å². The number of hydrogen-bond donors (Lipinski definition) is 0. The maximum Gasteiger partial charge on any atom is 0.0700 e. The number of benzene rings is 1. The monoisotopic (exact) mass is 202 g/mol. The van der Waals surface area contributed by atoms with Gasteiger partial charge in [0.2, 0.25) is 0 Å². The Morgan fingerprint density at radius 1 is 1.20 bits per heavy atom. The number of rotatable bonds is 4. The highest BCUT2D eigenvalue weighted by atomic mass is 15.1. The summed E-state index contributed by atoms with van der Waals surface area (Å²) in [5, 5.41) is 8.80. The molecule has 0 saturated heterocycles. The first-order valence-electron chi connectivity index (χ1n) is 5.47. The second-order valence-electron chi connectivity index (χ2n) is 3.61. The molecule has 1 aromatic carbocycles. The van der Waals surface area contributed by atoms with Gasteiger partial charge in [0.05, 0.1) is 12.0 Å². The second-order valence-corrected chi connectivity index (χ2v) is 3.61. The highest BCUT2D eigenvalue weighted by molar-refractivity contribution is 5.48. The molecular weight excluding hydrogens is 184 g/mol. The molecule has 0 aliphatic heterocycles. The Labute approximate surface area is 92.1 Å². The van der Waals surface area contributed by atoms with Crippen molar-refractivity contribution in [2.24, 2.45) is 0 Å². The van der Waals surface area contributed by atoms with Gasteiger partial charge in [-0.25, -0.2) is 0 Å².